The van der Waals surface area contributed by atoms with Gasteiger partial charge in [-0.15, -0.1) is 0 Å². The summed E-state index contributed by atoms with van der Waals surface area (Å²) in [5.74, 6) is 0. The smallest absolute Gasteiger partial charge is 0.294 e. The quantitative estimate of drug-likeness (QED) is 0.461. The van der Waals surface area contributed by atoms with Gasteiger partial charge in [0, 0.05) is 11.9 Å². The Morgan fingerprint density at radius 1 is 1.10 bits per heavy atom. The summed E-state index contributed by atoms with van der Waals surface area (Å²) >= 11 is 0. The van der Waals surface area contributed by atoms with Gasteiger partial charge < -0.3 is 11.5 Å². The molecule has 1 atom stereocenters. The van der Waals surface area contributed by atoms with Crippen molar-refractivity contribution in [2.24, 2.45) is 11.5 Å². The van der Waals surface area contributed by atoms with E-state index < -0.39 is 30.4 Å². The minimum absolute atomic E-state index is 0.0793. The van der Waals surface area contributed by atoms with Crippen molar-refractivity contribution >= 4 is 32.5 Å². The Hall–Kier alpha value is -1.88. The zero-order chi connectivity index (χ0) is 16.0. The maximum atomic E-state index is 11.5. The number of hydrogen-bond acceptors (Lipinski definition) is 6. The molecule has 0 aliphatic heterocycles. The van der Waals surface area contributed by atoms with Gasteiger partial charge in [-0.3, -0.25) is 9.11 Å². The lowest BCUT2D eigenvalue weighted by Crippen LogP contribution is -2.37. The molecule has 1 aliphatic carbocycles. The topological polar surface area (TPSA) is 161 Å². The van der Waals surface area contributed by atoms with Crippen LogP contribution in [0, 0.1) is 0 Å². The molecule has 0 fully saturated rings. The molecule has 1 aliphatic rings. The highest BCUT2D eigenvalue weighted by Crippen LogP contribution is 2.27. The Morgan fingerprint density at radius 2 is 1.71 bits per heavy atom. The molecule has 21 heavy (non-hydrogen) atoms. The Bertz CT molecular complexity index is 961. The fourth-order valence-electron chi connectivity index (χ4n) is 2.15. The first-order valence-corrected chi connectivity index (χ1v) is 8.47. The van der Waals surface area contributed by atoms with E-state index in [1.807, 2.05) is 0 Å². The van der Waals surface area contributed by atoms with E-state index in [9.17, 15) is 21.4 Å². The molecule has 0 spiro atoms. The Kier molecular flexibility index (Phi) is 3.58. The lowest BCUT2D eigenvalue weighted by Gasteiger charge is -2.19. The molecule has 6 N–H and O–H groups in total. The van der Waals surface area contributed by atoms with Crippen molar-refractivity contribution in [1.29, 1.82) is 0 Å². The zero-order valence-electron chi connectivity index (χ0n) is 10.5. The average Bonchev–Trinajstić information content (AvgIpc) is 2.34. The van der Waals surface area contributed by atoms with Crippen molar-refractivity contribution in [3.63, 3.8) is 0 Å². The van der Waals surface area contributed by atoms with Crippen LogP contribution < -0.4 is 21.9 Å². The summed E-state index contributed by atoms with van der Waals surface area (Å²) in [6.07, 6.45) is 3.78. The highest BCUT2D eigenvalue weighted by molar-refractivity contribution is 7.86. The molecule has 0 heterocycles. The summed E-state index contributed by atoms with van der Waals surface area (Å²) in [6.45, 7) is 0. The number of fused-ring (bicyclic) bond motifs is 1. The first-order chi connectivity index (χ1) is 9.55. The van der Waals surface area contributed by atoms with Crippen molar-refractivity contribution < 1.29 is 25.9 Å². The number of benzene rings is 1. The molecule has 0 amide bonds. The van der Waals surface area contributed by atoms with Crippen molar-refractivity contribution in [3.05, 3.63) is 39.9 Å². The van der Waals surface area contributed by atoms with Gasteiger partial charge in [0.2, 0.25) is 0 Å². The highest BCUT2D eigenvalue weighted by atomic mass is 32.2. The molecular formula is C11H12N2O6S2. The average molecular weight is 332 g/mol. The molecule has 0 aromatic heterocycles. The van der Waals surface area contributed by atoms with Crippen LogP contribution in [0.25, 0.3) is 12.3 Å². The van der Waals surface area contributed by atoms with E-state index in [1.54, 1.807) is 0 Å². The normalized spacial score (nSPS) is 19.6. The van der Waals surface area contributed by atoms with E-state index >= 15 is 0 Å². The SMILES string of the molecule is N/C=c1/cc(S(=O)(=O)O)cc2c1=CC=C(N)C2S(=O)(=O)O. The zero-order valence-corrected chi connectivity index (χ0v) is 12.1. The minimum atomic E-state index is -4.62. The summed E-state index contributed by atoms with van der Waals surface area (Å²) in [4.78, 5) is -0.547. The largest absolute Gasteiger partial charge is 0.404 e. The lowest BCUT2D eigenvalue weighted by atomic mass is 10.0. The summed E-state index contributed by atoms with van der Waals surface area (Å²) < 4.78 is 63.9. The molecular weight excluding hydrogens is 320 g/mol. The van der Waals surface area contributed by atoms with Crippen molar-refractivity contribution in [3.8, 4) is 0 Å². The lowest BCUT2D eigenvalue weighted by molar-refractivity contribution is 0.472. The molecule has 2 rings (SSSR count). The maximum Gasteiger partial charge on any atom is 0.294 e. The fourth-order valence-corrected chi connectivity index (χ4v) is 3.64. The third-order valence-corrected chi connectivity index (χ3v) is 4.97. The van der Waals surface area contributed by atoms with Gasteiger partial charge in [-0.1, -0.05) is 6.08 Å². The van der Waals surface area contributed by atoms with Gasteiger partial charge in [-0.2, -0.15) is 16.8 Å². The first-order valence-electron chi connectivity index (χ1n) is 5.53. The Balaban J connectivity index is 2.99. The van der Waals surface area contributed by atoms with E-state index in [0.717, 1.165) is 18.3 Å². The summed E-state index contributed by atoms with van der Waals surface area (Å²) in [7, 11) is -9.20. The van der Waals surface area contributed by atoms with Gasteiger partial charge in [-0.05, 0) is 34.2 Å². The van der Waals surface area contributed by atoms with Crippen LogP contribution in [0.15, 0.2) is 28.8 Å². The van der Waals surface area contributed by atoms with Crippen LogP contribution in [-0.4, -0.2) is 25.9 Å². The van der Waals surface area contributed by atoms with Crippen LogP contribution in [-0.2, 0) is 20.2 Å². The molecule has 1 aromatic carbocycles. The molecule has 8 nitrogen and oxygen atoms in total. The third-order valence-electron chi connectivity index (χ3n) is 3.02. The van der Waals surface area contributed by atoms with Crippen LogP contribution in [0.5, 0.6) is 0 Å². The highest BCUT2D eigenvalue weighted by Gasteiger charge is 2.31. The van der Waals surface area contributed by atoms with Crippen LogP contribution >= 0.6 is 0 Å². The first kappa shape index (κ1) is 15.5. The van der Waals surface area contributed by atoms with Crippen molar-refractivity contribution in [2.45, 2.75) is 10.1 Å². The van der Waals surface area contributed by atoms with Gasteiger partial charge in [0.05, 0.1) is 4.90 Å². The second kappa shape index (κ2) is 4.84. The minimum Gasteiger partial charge on any atom is -0.404 e. The van der Waals surface area contributed by atoms with Gasteiger partial charge >= 0.3 is 0 Å². The van der Waals surface area contributed by atoms with Gasteiger partial charge in [-0.25, -0.2) is 0 Å². The van der Waals surface area contributed by atoms with Crippen molar-refractivity contribution in [1.82, 2.24) is 0 Å². The Labute approximate surface area is 120 Å². The second-order valence-corrected chi connectivity index (χ2v) is 7.31. The van der Waals surface area contributed by atoms with E-state index in [0.29, 0.717) is 5.22 Å². The molecule has 0 saturated carbocycles. The predicted octanol–water partition coefficient (Wildman–Crippen LogP) is -1.80. The van der Waals surface area contributed by atoms with Gasteiger partial charge in [0.25, 0.3) is 20.2 Å². The molecule has 0 bridgehead atoms. The Morgan fingerprint density at radius 3 is 2.19 bits per heavy atom. The standard InChI is InChI=1S/C11H12N2O6S2/c12-5-6-3-7(20(14,15)16)4-9-8(6)1-2-10(13)11(9)21(17,18)19/h1-5,11H,12-13H2,(H,14,15,16)(H,17,18,19)/b6-5-. The third kappa shape index (κ3) is 2.78. The van der Waals surface area contributed by atoms with Crippen molar-refractivity contribution in [2.75, 3.05) is 0 Å². The monoisotopic (exact) mass is 332 g/mol. The second-order valence-electron chi connectivity index (χ2n) is 4.39. The van der Waals surface area contributed by atoms with Crippen LogP contribution in [0.2, 0.25) is 0 Å². The van der Waals surface area contributed by atoms with Gasteiger partial charge in [0.15, 0.2) is 5.25 Å². The fraction of sp³-hybridized carbons (Fsp3) is 0.0909. The van der Waals surface area contributed by atoms with E-state index in [2.05, 4.69) is 0 Å². The van der Waals surface area contributed by atoms with Gasteiger partial charge in [0.1, 0.15) is 0 Å². The number of rotatable bonds is 2. The predicted molar refractivity (Wildman–Crippen MR) is 75.2 cm³/mol. The van der Waals surface area contributed by atoms with Crippen LogP contribution in [0.3, 0.4) is 0 Å². The number of nitrogens with two attached hydrogens (primary N) is 2. The molecule has 114 valence electrons. The number of hydrogen-bond donors (Lipinski definition) is 4. The van der Waals surface area contributed by atoms with E-state index in [-0.39, 0.29) is 16.5 Å². The molecule has 0 radical (unpaired) electrons. The molecule has 10 heteroatoms. The van der Waals surface area contributed by atoms with Crippen LogP contribution in [0.4, 0.5) is 0 Å². The molecule has 1 unspecified atom stereocenters. The van der Waals surface area contributed by atoms with E-state index in [4.69, 9.17) is 16.0 Å². The summed E-state index contributed by atoms with van der Waals surface area (Å²) in [5, 5.41) is -1.16. The molecule has 0 saturated heterocycles. The summed E-state index contributed by atoms with van der Waals surface area (Å²) in [5.41, 5.74) is 10.7. The number of allylic oxidation sites excluding steroid dienone is 1. The summed E-state index contributed by atoms with van der Waals surface area (Å²) in [6, 6.07) is 2.02. The maximum absolute atomic E-state index is 11.5. The van der Waals surface area contributed by atoms with E-state index in [1.165, 1.54) is 12.2 Å². The van der Waals surface area contributed by atoms with Crippen LogP contribution in [0.1, 0.15) is 10.8 Å². The molecule has 1 aromatic rings.